The van der Waals surface area contributed by atoms with E-state index >= 15 is 0 Å². The average molecular weight is 423 g/mol. The Bertz CT molecular complexity index is 589. The molecule has 0 aromatic heterocycles. The van der Waals surface area contributed by atoms with E-state index in [1.807, 2.05) is 0 Å². The Hall–Kier alpha value is -0.200. The number of aliphatic hydroxyl groups is 2. The number of fused-ring (bicyclic) bond motifs is 5. The molecule has 2 unspecified atom stereocenters. The van der Waals surface area contributed by atoms with Crippen LogP contribution in [0.4, 0.5) is 0 Å². The number of aliphatic hydroxyl groups excluding tert-OH is 1. The molecule has 0 spiro atoms. The van der Waals surface area contributed by atoms with E-state index in [0.717, 1.165) is 83.9 Å². The first-order valence-corrected chi connectivity index (χ1v) is 12.8. The highest BCUT2D eigenvalue weighted by molar-refractivity contribution is 5.16. The molecule has 5 nitrogen and oxygen atoms in total. The fourth-order valence-corrected chi connectivity index (χ4v) is 8.47. The third-order valence-electron chi connectivity index (χ3n) is 10.4. The van der Waals surface area contributed by atoms with Crippen molar-refractivity contribution in [2.75, 3.05) is 19.7 Å². The van der Waals surface area contributed by atoms with Gasteiger partial charge in [-0.2, -0.15) is 0 Å². The molecule has 5 N–H and O–H groups in total. The molecule has 0 aromatic carbocycles. The summed E-state index contributed by atoms with van der Waals surface area (Å²) < 4.78 is 0. The third-order valence-corrected chi connectivity index (χ3v) is 10.4. The van der Waals surface area contributed by atoms with Gasteiger partial charge in [0, 0.05) is 6.54 Å². The van der Waals surface area contributed by atoms with Gasteiger partial charge in [-0.25, -0.2) is 5.48 Å². The van der Waals surface area contributed by atoms with Crippen LogP contribution in [0.15, 0.2) is 0 Å². The smallest absolute Gasteiger partial charge is 0.0734 e. The van der Waals surface area contributed by atoms with Gasteiger partial charge in [0.15, 0.2) is 0 Å². The number of hydrogen-bond acceptors (Lipinski definition) is 5. The van der Waals surface area contributed by atoms with Crippen molar-refractivity contribution in [1.82, 2.24) is 5.48 Å². The van der Waals surface area contributed by atoms with Gasteiger partial charge in [-0.15, -0.1) is 0 Å². The van der Waals surface area contributed by atoms with E-state index in [2.05, 4.69) is 19.3 Å². The van der Waals surface area contributed by atoms with E-state index in [0.29, 0.717) is 29.1 Å². The Balaban J connectivity index is 1.38. The lowest BCUT2D eigenvalue weighted by atomic mass is 9.43. The van der Waals surface area contributed by atoms with Gasteiger partial charge in [-0.3, -0.25) is 0 Å². The summed E-state index contributed by atoms with van der Waals surface area (Å²) in [5.74, 6) is 2.29. The molecule has 0 aromatic rings. The van der Waals surface area contributed by atoms with Crippen molar-refractivity contribution in [2.24, 2.45) is 40.2 Å². The molecule has 5 heteroatoms. The summed E-state index contributed by atoms with van der Waals surface area (Å²) in [6.07, 6.45) is 12.9. The van der Waals surface area contributed by atoms with Crippen LogP contribution in [-0.4, -0.2) is 41.6 Å². The molecule has 0 radical (unpaired) electrons. The summed E-state index contributed by atoms with van der Waals surface area (Å²) in [5, 5.41) is 22.4. The fraction of sp³-hybridized carbons (Fsp3) is 1.00. The van der Waals surface area contributed by atoms with Crippen LogP contribution in [0.5, 0.6) is 0 Å². The van der Waals surface area contributed by atoms with Crippen molar-refractivity contribution < 1.29 is 15.1 Å². The monoisotopic (exact) mass is 422 g/mol. The second kappa shape index (κ2) is 8.97. The number of rotatable bonds is 8. The third kappa shape index (κ3) is 3.77. The first-order chi connectivity index (χ1) is 14.3. The van der Waals surface area contributed by atoms with Crippen LogP contribution in [0, 0.1) is 34.5 Å². The molecular formula is C25H46N2O3. The largest absolute Gasteiger partial charge is 0.393 e. The summed E-state index contributed by atoms with van der Waals surface area (Å²) in [4.78, 5) is 5.57. The highest BCUT2D eigenvalue weighted by Gasteiger charge is 2.66. The van der Waals surface area contributed by atoms with Crippen molar-refractivity contribution in [2.45, 2.75) is 103 Å². The minimum absolute atomic E-state index is 0.0345. The van der Waals surface area contributed by atoms with Gasteiger partial charge in [-0.05, 0) is 118 Å². The lowest BCUT2D eigenvalue weighted by molar-refractivity contribution is -0.210. The fourth-order valence-electron chi connectivity index (χ4n) is 8.47. The molecule has 4 aliphatic rings. The molecule has 8 atom stereocenters. The first-order valence-electron chi connectivity index (χ1n) is 12.8. The van der Waals surface area contributed by atoms with Gasteiger partial charge >= 0.3 is 0 Å². The second-order valence-electron chi connectivity index (χ2n) is 11.6. The van der Waals surface area contributed by atoms with Gasteiger partial charge in [-0.1, -0.05) is 13.8 Å². The number of hydroxylamine groups is 1. The SMILES string of the molecule is C[C@]12CCC(O)CC1CC[C@@H]1[C@@H]2CC[C@]2(C)[C@@H](CCNOCCCCN)CC[C@@]12O. The van der Waals surface area contributed by atoms with E-state index in [4.69, 9.17) is 10.6 Å². The molecule has 0 saturated heterocycles. The quantitative estimate of drug-likeness (QED) is 0.353. The zero-order valence-corrected chi connectivity index (χ0v) is 19.4. The van der Waals surface area contributed by atoms with Crippen molar-refractivity contribution in [3.8, 4) is 0 Å². The van der Waals surface area contributed by atoms with E-state index in [1.54, 1.807) is 0 Å². The summed E-state index contributed by atoms with van der Waals surface area (Å²) in [5.41, 5.74) is 8.52. The van der Waals surface area contributed by atoms with Gasteiger partial charge in [0.2, 0.25) is 0 Å². The maximum Gasteiger partial charge on any atom is 0.0734 e. The predicted molar refractivity (Wildman–Crippen MR) is 120 cm³/mol. The maximum atomic E-state index is 12.2. The van der Waals surface area contributed by atoms with Crippen molar-refractivity contribution in [3.05, 3.63) is 0 Å². The number of nitrogens with one attached hydrogen (secondary N) is 1. The zero-order chi connectivity index (χ0) is 21.4. The number of nitrogens with two attached hydrogens (primary N) is 1. The highest BCUT2D eigenvalue weighted by Crippen LogP contribution is 2.69. The van der Waals surface area contributed by atoms with Crippen LogP contribution >= 0.6 is 0 Å². The van der Waals surface area contributed by atoms with Crippen LogP contribution in [-0.2, 0) is 4.84 Å². The van der Waals surface area contributed by atoms with Crippen LogP contribution < -0.4 is 11.2 Å². The van der Waals surface area contributed by atoms with Crippen molar-refractivity contribution in [3.63, 3.8) is 0 Å². The van der Waals surface area contributed by atoms with Crippen molar-refractivity contribution >= 4 is 0 Å². The minimum Gasteiger partial charge on any atom is -0.393 e. The van der Waals surface area contributed by atoms with Crippen molar-refractivity contribution in [1.29, 1.82) is 0 Å². The minimum atomic E-state index is -0.507. The Kier molecular flexibility index (Phi) is 6.87. The molecule has 0 aliphatic heterocycles. The van der Waals surface area contributed by atoms with Gasteiger partial charge < -0.3 is 20.8 Å². The summed E-state index contributed by atoms with van der Waals surface area (Å²) >= 11 is 0. The van der Waals surface area contributed by atoms with Crippen LogP contribution in [0.2, 0.25) is 0 Å². The van der Waals surface area contributed by atoms with E-state index in [-0.39, 0.29) is 11.5 Å². The number of unbranched alkanes of at least 4 members (excludes halogenated alkanes) is 1. The Morgan fingerprint density at radius 1 is 1.00 bits per heavy atom. The van der Waals surface area contributed by atoms with E-state index in [1.165, 1.54) is 12.8 Å². The predicted octanol–water partition coefficient (Wildman–Crippen LogP) is 3.77. The first kappa shape index (κ1) is 23.0. The Labute approximate surface area is 183 Å². The van der Waals surface area contributed by atoms with Crippen LogP contribution in [0.25, 0.3) is 0 Å². The maximum absolute atomic E-state index is 12.2. The molecule has 4 saturated carbocycles. The lowest BCUT2D eigenvalue weighted by Crippen LogP contribution is -2.62. The van der Waals surface area contributed by atoms with E-state index in [9.17, 15) is 10.2 Å². The molecule has 4 fully saturated rings. The average Bonchev–Trinajstić information content (AvgIpc) is 2.99. The van der Waals surface area contributed by atoms with Crippen LogP contribution in [0.3, 0.4) is 0 Å². The Morgan fingerprint density at radius 2 is 1.83 bits per heavy atom. The van der Waals surface area contributed by atoms with E-state index < -0.39 is 5.60 Å². The lowest BCUT2D eigenvalue weighted by Gasteiger charge is -2.63. The van der Waals surface area contributed by atoms with Crippen LogP contribution in [0.1, 0.15) is 90.9 Å². The molecule has 0 bridgehead atoms. The molecular weight excluding hydrogens is 376 g/mol. The molecule has 0 heterocycles. The molecule has 4 rings (SSSR count). The summed E-state index contributed by atoms with van der Waals surface area (Å²) in [6, 6.07) is 0. The van der Waals surface area contributed by atoms with Gasteiger partial charge in [0.25, 0.3) is 0 Å². The molecule has 4 aliphatic carbocycles. The highest BCUT2D eigenvalue weighted by atomic mass is 16.6. The zero-order valence-electron chi connectivity index (χ0n) is 19.4. The Morgan fingerprint density at radius 3 is 2.63 bits per heavy atom. The van der Waals surface area contributed by atoms with Gasteiger partial charge in [0.1, 0.15) is 0 Å². The number of hydrogen-bond donors (Lipinski definition) is 4. The summed E-state index contributed by atoms with van der Waals surface area (Å²) in [7, 11) is 0. The topological polar surface area (TPSA) is 87.7 Å². The second-order valence-corrected chi connectivity index (χ2v) is 11.6. The molecule has 0 amide bonds. The normalized spacial score (nSPS) is 48.1. The standard InChI is InChI=1S/C25H46N2O3/c1-23-11-8-20(28)17-19(23)5-6-22-21(23)9-12-24(2)18(7-13-25(22,24)29)10-15-27-30-16-4-3-14-26/h18-22,27-29H,3-17,26H2,1-2H3/t18-,19?,20?,21+,22-,23+,24-,25-/m1/s1. The summed E-state index contributed by atoms with van der Waals surface area (Å²) in [6.45, 7) is 7.20. The molecule has 174 valence electrons. The molecule has 30 heavy (non-hydrogen) atoms. The van der Waals surface area contributed by atoms with Gasteiger partial charge in [0.05, 0.1) is 18.3 Å².